The average molecular weight is 381 g/mol. The highest BCUT2D eigenvalue weighted by molar-refractivity contribution is 8.27. The molecule has 0 radical (unpaired) electrons. The first-order chi connectivity index (χ1) is 12.3. The van der Waals surface area contributed by atoms with Crippen LogP contribution in [0.1, 0.15) is 6.42 Å². The third kappa shape index (κ3) is 3.16. The second-order valence-corrected chi connectivity index (χ2v) is 7.67. The summed E-state index contributed by atoms with van der Waals surface area (Å²) in [5, 5.41) is 8.92. The predicted molar refractivity (Wildman–Crippen MR) is 100 cm³/mol. The number of amides is 1. The molecule has 0 aromatic heterocycles. The van der Waals surface area contributed by atoms with Gasteiger partial charge in [0.1, 0.15) is 5.69 Å². The maximum absolute atomic E-state index is 14.5. The number of carboxylic acid groups (broad SMARTS) is 1. The summed E-state index contributed by atoms with van der Waals surface area (Å²) < 4.78 is 38.8. The quantitative estimate of drug-likeness (QED) is 0.713. The molecule has 2 aromatic carbocycles. The van der Waals surface area contributed by atoms with Crippen molar-refractivity contribution in [2.45, 2.75) is 6.42 Å². The molecule has 3 N–H and O–H groups in total. The average Bonchev–Trinajstić information content (AvgIpc) is 2.83. The van der Waals surface area contributed by atoms with Gasteiger partial charge in [0.2, 0.25) is 0 Å². The molecule has 0 saturated carbocycles. The van der Waals surface area contributed by atoms with Crippen molar-refractivity contribution in [3.8, 4) is 0 Å². The van der Waals surface area contributed by atoms with Gasteiger partial charge in [-0.05, 0) is 41.6 Å². The zero-order valence-corrected chi connectivity index (χ0v) is 14.9. The molecule has 0 fully saturated rings. The predicted octanol–water partition coefficient (Wildman–Crippen LogP) is 4.36. The van der Waals surface area contributed by atoms with Crippen molar-refractivity contribution < 1.29 is 23.4 Å². The van der Waals surface area contributed by atoms with E-state index in [2.05, 4.69) is 0 Å². The fourth-order valence-electron chi connectivity index (χ4n) is 2.88. The van der Waals surface area contributed by atoms with Crippen LogP contribution in [0, 0.1) is 5.82 Å². The number of halogens is 1. The van der Waals surface area contributed by atoms with Crippen molar-refractivity contribution in [3.05, 3.63) is 54.3 Å². The van der Waals surface area contributed by atoms with Gasteiger partial charge in [-0.2, -0.15) is 0 Å². The molecule has 1 heterocycles. The molecule has 0 atom stereocenters. The van der Waals surface area contributed by atoms with E-state index in [1.165, 1.54) is 27.8 Å². The Kier molecular flexibility index (Phi) is 4.94. The Bertz CT molecular complexity index is 806. The summed E-state index contributed by atoms with van der Waals surface area (Å²) in [7, 11) is -2.08. The number of fused-ring (bicyclic) bond motifs is 1. The first-order valence-electron chi connectivity index (χ1n) is 7.98. The van der Waals surface area contributed by atoms with Gasteiger partial charge < -0.3 is 10.0 Å². The van der Waals surface area contributed by atoms with Gasteiger partial charge in [-0.1, -0.05) is 24.3 Å². The smallest absolute Gasteiger partial charge is 0.407 e. The number of benzene rings is 2. The van der Waals surface area contributed by atoms with Crippen molar-refractivity contribution in [1.82, 2.24) is 4.90 Å². The maximum Gasteiger partial charge on any atom is 0.407 e. The molecule has 0 spiro atoms. The van der Waals surface area contributed by atoms with Gasteiger partial charge in [-0.25, -0.2) is 13.5 Å². The van der Waals surface area contributed by atoms with Crippen LogP contribution in [-0.2, 0) is 0 Å². The molecule has 0 saturated heterocycles. The van der Waals surface area contributed by atoms with Gasteiger partial charge in [-0.15, -0.1) is 0 Å². The van der Waals surface area contributed by atoms with E-state index < -0.39 is 22.9 Å². The van der Waals surface area contributed by atoms with Crippen LogP contribution in [-0.4, -0.2) is 45.3 Å². The van der Waals surface area contributed by atoms with E-state index in [4.69, 9.17) is 5.11 Å². The summed E-state index contributed by atoms with van der Waals surface area (Å²) in [5.74, 6) is -0.559. The highest BCUT2D eigenvalue weighted by Crippen LogP contribution is 2.64. The van der Waals surface area contributed by atoms with Gasteiger partial charge in [0.15, 0.2) is 5.82 Å². The van der Waals surface area contributed by atoms with E-state index >= 15 is 0 Å². The van der Waals surface area contributed by atoms with E-state index in [1.54, 1.807) is 36.4 Å². The first-order valence-corrected chi connectivity index (χ1v) is 9.44. The van der Waals surface area contributed by atoms with Crippen LogP contribution in [0.3, 0.4) is 0 Å². The molecule has 1 aliphatic heterocycles. The standard InChI is InChI=1S/C17H20FN3O4S/c1-19(17(22)23)11-6-12-20-15-10-5-9-14(18)16(15)21(26(20,24)25)13-7-3-2-4-8-13/h2-5,7-10,24-25H,6,11-12H2,1H3,(H,22,23). The Morgan fingerprint density at radius 3 is 2.50 bits per heavy atom. The van der Waals surface area contributed by atoms with Crippen LogP contribution in [0.2, 0.25) is 0 Å². The summed E-state index contributed by atoms with van der Waals surface area (Å²) in [6.45, 7) is 0.386. The van der Waals surface area contributed by atoms with Gasteiger partial charge in [0.05, 0.1) is 11.4 Å². The summed E-state index contributed by atoms with van der Waals surface area (Å²) in [4.78, 5) is 12.0. The van der Waals surface area contributed by atoms with E-state index in [9.17, 15) is 18.3 Å². The molecular formula is C17H20FN3O4S. The Balaban J connectivity index is 1.94. The molecule has 2 aromatic rings. The third-order valence-corrected chi connectivity index (χ3v) is 6.00. The highest BCUT2D eigenvalue weighted by atomic mass is 32.3. The van der Waals surface area contributed by atoms with E-state index in [0.29, 0.717) is 17.8 Å². The van der Waals surface area contributed by atoms with Gasteiger partial charge >= 0.3 is 6.09 Å². The highest BCUT2D eigenvalue weighted by Gasteiger charge is 2.43. The summed E-state index contributed by atoms with van der Waals surface area (Å²) in [6, 6.07) is 13.0. The number of anilines is 3. The van der Waals surface area contributed by atoms with Crippen molar-refractivity contribution in [2.75, 3.05) is 28.7 Å². The third-order valence-electron chi connectivity index (χ3n) is 4.15. The van der Waals surface area contributed by atoms with Crippen molar-refractivity contribution in [2.24, 2.45) is 0 Å². The van der Waals surface area contributed by atoms with Gasteiger partial charge in [0.25, 0.3) is 0 Å². The van der Waals surface area contributed by atoms with E-state index in [0.717, 1.165) is 4.90 Å². The topological polar surface area (TPSA) is 87.5 Å². The lowest BCUT2D eigenvalue weighted by Crippen LogP contribution is -2.34. The molecule has 0 unspecified atom stereocenters. The van der Waals surface area contributed by atoms with Crippen LogP contribution in [0.5, 0.6) is 0 Å². The van der Waals surface area contributed by atoms with Gasteiger partial charge in [-0.3, -0.25) is 13.4 Å². The molecule has 3 rings (SSSR count). The molecule has 140 valence electrons. The minimum Gasteiger partial charge on any atom is -0.465 e. The SMILES string of the molecule is CN(CCCN1c2cccc(F)c2N(c2ccccc2)S1(O)O)C(=O)O. The Morgan fingerprint density at radius 2 is 1.85 bits per heavy atom. The van der Waals surface area contributed by atoms with Crippen LogP contribution >= 0.6 is 11.0 Å². The lowest BCUT2D eigenvalue weighted by molar-refractivity contribution is 0.156. The summed E-state index contributed by atoms with van der Waals surface area (Å²) >= 11 is 0. The Hall–Kier alpha value is -2.49. The van der Waals surface area contributed by atoms with E-state index in [-0.39, 0.29) is 18.8 Å². The normalized spacial score (nSPS) is 16.3. The number of hydrogen-bond acceptors (Lipinski definition) is 5. The van der Waals surface area contributed by atoms with Crippen molar-refractivity contribution in [1.29, 1.82) is 0 Å². The number of carbonyl (C=O) groups is 1. The number of para-hydroxylation sites is 2. The van der Waals surface area contributed by atoms with Crippen molar-refractivity contribution >= 4 is 34.1 Å². The molecule has 1 amide bonds. The Morgan fingerprint density at radius 1 is 1.15 bits per heavy atom. The largest absolute Gasteiger partial charge is 0.465 e. The second-order valence-electron chi connectivity index (χ2n) is 5.89. The molecular weight excluding hydrogens is 361 g/mol. The number of hydrogen-bond donors (Lipinski definition) is 3. The van der Waals surface area contributed by atoms with Crippen LogP contribution in [0.4, 0.5) is 26.2 Å². The molecule has 1 aliphatic rings. The van der Waals surface area contributed by atoms with Gasteiger partial charge in [0, 0.05) is 20.1 Å². The van der Waals surface area contributed by atoms with Crippen LogP contribution in [0.15, 0.2) is 48.5 Å². The lowest BCUT2D eigenvalue weighted by atomic mass is 10.2. The minimum absolute atomic E-state index is 0.102. The minimum atomic E-state index is -3.52. The molecule has 0 aliphatic carbocycles. The summed E-state index contributed by atoms with van der Waals surface area (Å²) in [6.07, 6.45) is -0.701. The summed E-state index contributed by atoms with van der Waals surface area (Å²) in [5.41, 5.74) is 0.932. The molecule has 9 heteroatoms. The van der Waals surface area contributed by atoms with Crippen LogP contribution in [0.25, 0.3) is 0 Å². The first kappa shape index (κ1) is 18.3. The van der Waals surface area contributed by atoms with E-state index in [1.807, 2.05) is 0 Å². The molecule has 7 nitrogen and oxygen atoms in total. The van der Waals surface area contributed by atoms with Crippen LogP contribution < -0.4 is 8.61 Å². The second kappa shape index (κ2) is 7.02. The number of rotatable bonds is 5. The maximum atomic E-state index is 14.5. The molecule has 0 bridgehead atoms. The Labute approximate surface area is 152 Å². The monoisotopic (exact) mass is 381 g/mol. The lowest BCUT2D eigenvalue weighted by Gasteiger charge is -2.43. The zero-order chi connectivity index (χ0) is 18.9. The fraction of sp³-hybridized carbons (Fsp3) is 0.235. The fourth-order valence-corrected chi connectivity index (χ4v) is 4.70. The zero-order valence-electron chi connectivity index (χ0n) is 14.1. The van der Waals surface area contributed by atoms with Crippen molar-refractivity contribution in [3.63, 3.8) is 0 Å². The number of nitrogens with zero attached hydrogens (tertiary/aromatic N) is 3. The molecule has 26 heavy (non-hydrogen) atoms.